The molecular formula is C13H10ClN5OS. The molecule has 6 nitrogen and oxygen atoms in total. The standard InChI is InChI=1S/C13H10ClN5OS/c14-9-3-4-10-13(19-21-18-10)12(9)17-11(20)5-8-2-1-7(15)6-16-8/h1-4,6H,5,15H2,(H,17,20). The third kappa shape index (κ3) is 2.93. The van der Waals surface area contributed by atoms with Crippen LogP contribution >= 0.6 is 23.3 Å². The highest BCUT2D eigenvalue weighted by molar-refractivity contribution is 7.00. The number of benzene rings is 1. The molecule has 1 amide bonds. The van der Waals surface area contributed by atoms with Gasteiger partial charge in [0.1, 0.15) is 11.0 Å². The molecule has 0 aliphatic rings. The molecule has 0 spiro atoms. The van der Waals surface area contributed by atoms with Crippen molar-refractivity contribution in [1.82, 2.24) is 13.7 Å². The van der Waals surface area contributed by atoms with Crippen LogP contribution in [0.3, 0.4) is 0 Å². The number of nitrogens with two attached hydrogens (primary N) is 1. The summed E-state index contributed by atoms with van der Waals surface area (Å²) in [6.07, 6.45) is 1.64. The van der Waals surface area contributed by atoms with Crippen LogP contribution in [0, 0.1) is 0 Å². The summed E-state index contributed by atoms with van der Waals surface area (Å²) >= 11 is 7.19. The first-order valence-corrected chi connectivity index (χ1v) is 7.15. The van der Waals surface area contributed by atoms with Gasteiger partial charge in [0.2, 0.25) is 5.91 Å². The van der Waals surface area contributed by atoms with Crippen LogP contribution in [0.15, 0.2) is 30.5 Å². The Balaban J connectivity index is 1.81. The molecule has 0 saturated carbocycles. The SMILES string of the molecule is Nc1ccc(CC(=O)Nc2c(Cl)ccc3nsnc23)nc1. The lowest BCUT2D eigenvalue weighted by Crippen LogP contribution is -2.15. The monoisotopic (exact) mass is 319 g/mol. The number of fused-ring (bicyclic) bond motifs is 1. The summed E-state index contributed by atoms with van der Waals surface area (Å²) in [7, 11) is 0. The van der Waals surface area contributed by atoms with Gasteiger partial charge >= 0.3 is 0 Å². The van der Waals surface area contributed by atoms with E-state index in [1.165, 1.54) is 6.20 Å². The number of pyridine rings is 1. The number of hydrogen-bond donors (Lipinski definition) is 2. The van der Waals surface area contributed by atoms with Gasteiger partial charge in [-0.1, -0.05) is 11.6 Å². The second-order valence-corrected chi connectivity index (χ2v) is 5.30. The fourth-order valence-corrected chi connectivity index (χ4v) is 2.58. The Morgan fingerprint density at radius 3 is 2.90 bits per heavy atom. The molecule has 2 heterocycles. The molecule has 3 N–H and O–H groups in total. The number of amides is 1. The molecular weight excluding hydrogens is 310 g/mol. The van der Waals surface area contributed by atoms with E-state index in [2.05, 4.69) is 19.0 Å². The Kier molecular flexibility index (Phi) is 3.68. The molecule has 21 heavy (non-hydrogen) atoms. The van der Waals surface area contributed by atoms with Gasteiger partial charge in [-0.05, 0) is 24.3 Å². The Hall–Kier alpha value is -2.25. The van der Waals surface area contributed by atoms with Crippen LogP contribution in [-0.2, 0) is 11.2 Å². The number of nitrogens with one attached hydrogen (secondary N) is 1. The number of nitrogens with zero attached hydrogens (tertiary/aromatic N) is 3. The molecule has 3 rings (SSSR count). The smallest absolute Gasteiger partial charge is 0.230 e. The van der Waals surface area contributed by atoms with Crippen LogP contribution in [0.25, 0.3) is 11.0 Å². The first kappa shape index (κ1) is 13.7. The molecule has 3 aromatic rings. The summed E-state index contributed by atoms with van der Waals surface area (Å²) in [5.74, 6) is -0.227. The molecule has 0 bridgehead atoms. The van der Waals surface area contributed by atoms with E-state index in [4.69, 9.17) is 17.3 Å². The van der Waals surface area contributed by atoms with Gasteiger partial charge in [0, 0.05) is 5.69 Å². The zero-order chi connectivity index (χ0) is 14.8. The summed E-state index contributed by atoms with van der Waals surface area (Å²) < 4.78 is 8.27. The maximum absolute atomic E-state index is 12.1. The van der Waals surface area contributed by atoms with Crippen LogP contribution < -0.4 is 11.1 Å². The average molecular weight is 320 g/mol. The fourth-order valence-electron chi connectivity index (χ4n) is 1.83. The average Bonchev–Trinajstić information content (AvgIpc) is 2.93. The van der Waals surface area contributed by atoms with Gasteiger partial charge in [-0.25, -0.2) is 0 Å². The second kappa shape index (κ2) is 5.63. The van der Waals surface area contributed by atoms with Gasteiger partial charge in [0.25, 0.3) is 0 Å². The molecule has 0 radical (unpaired) electrons. The molecule has 0 saturated heterocycles. The highest BCUT2D eigenvalue weighted by atomic mass is 35.5. The van der Waals surface area contributed by atoms with Crippen molar-refractivity contribution in [3.05, 3.63) is 41.2 Å². The van der Waals surface area contributed by atoms with Crippen LogP contribution in [0.4, 0.5) is 11.4 Å². The molecule has 106 valence electrons. The quantitative estimate of drug-likeness (QED) is 0.773. The van der Waals surface area contributed by atoms with E-state index in [1.54, 1.807) is 24.3 Å². The predicted octanol–water partition coefficient (Wildman–Crippen LogP) is 2.50. The van der Waals surface area contributed by atoms with Crippen molar-refractivity contribution in [2.45, 2.75) is 6.42 Å². The number of anilines is 2. The van der Waals surface area contributed by atoms with Crippen molar-refractivity contribution < 1.29 is 4.79 Å². The lowest BCUT2D eigenvalue weighted by molar-refractivity contribution is -0.115. The summed E-state index contributed by atoms with van der Waals surface area (Å²) in [6.45, 7) is 0. The van der Waals surface area contributed by atoms with Gasteiger partial charge in [0.15, 0.2) is 0 Å². The molecule has 8 heteroatoms. The van der Waals surface area contributed by atoms with Crippen molar-refractivity contribution in [2.24, 2.45) is 0 Å². The number of hydrogen-bond acceptors (Lipinski definition) is 6. The zero-order valence-electron chi connectivity index (χ0n) is 10.7. The third-order valence-corrected chi connectivity index (χ3v) is 3.69. The van der Waals surface area contributed by atoms with Gasteiger partial charge in [-0.3, -0.25) is 9.78 Å². The Morgan fingerprint density at radius 2 is 2.14 bits per heavy atom. The van der Waals surface area contributed by atoms with E-state index in [-0.39, 0.29) is 12.3 Å². The van der Waals surface area contributed by atoms with Crippen molar-refractivity contribution >= 4 is 51.6 Å². The topological polar surface area (TPSA) is 93.8 Å². The van der Waals surface area contributed by atoms with Crippen molar-refractivity contribution in [1.29, 1.82) is 0 Å². The molecule has 2 aromatic heterocycles. The lowest BCUT2D eigenvalue weighted by Gasteiger charge is -2.07. The number of nitrogen functional groups attached to an aromatic ring is 1. The van der Waals surface area contributed by atoms with Gasteiger partial charge < -0.3 is 11.1 Å². The summed E-state index contributed by atoms with van der Waals surface area (Å²) in [5.41, 5.74) is 8.50. The largest absolute Gasteiger partial charge is 0.397 e. The predicted molar refractivity (Wildman–Crippen MR) is 83.4 cm³/mol. The van der Waals surface area contributed by atoms with Crippen molar-refractivity contribution in [3.8, 4) is 0 Å². The number of aromatic nitrogens is 3. The van der Waals surface area contributed by atoms with E-state index in [1.807, 2.05) is 0 Å². The first-order chi connectivity index (χ1) is 10.1. The van der Waals surface area contributed by atoms with Crippen LogP contribution in [-0.4, -0.2) is 19.6 Å². The van der Waals surface area contributed by atoms with Gasteiger partial charge in [-0.15, -0.1) is 0 Å². The number of rotatable bonds is 3. The van der Waals surface area contributed by atoms with E-state index in [9.17, 15) is 4.79 Å². The maximum Gasteiger partial charge on any atom is 0.230 e. The van der Waals surface area contributed by atoms with E-state index < -0.39 is 0 Å². The van der Waals surface area contributed by atoms with E-state index in [0.29, 0.717) is 33.1 Å². The molecule has 0 unspecified atom stereocenters. The maximum atomic E-state index is 12.1. The lowest BCUT2D eigenvalue weighted by atomic mass is 10.2. The Labute approximate surface area is 129 Å². The third-order valence-electron chi connectivity index (χ3n) is 2.83. The van der Waals surface area contributed by atoms with Crippen molar-refractivity contribution in [2.75, 3.05) is 11.1 Å². The highest BCUT2D eigenvalue weighted by Gasteiger charge is 2.13. The first-order valence-electron chi connectivity index (χ1n) is 6.04. The summed E-state index contributed by atoms with van der Waals surface area (Å²) in [4.78, 5) is 16.2. The minimum absolute atomic E-state index is 0.130. The van der Waals surface area contributed by atoms with Crippen LogP contribution in [0.1, 0.15) is 5.69 Å². The van der Waals surface area contributed by atoms with Crippen LogP contribution in [0.5, 0.6) is 0 Å². The van der Waals surface area contributed by atoms with E-state index in [0.717, 1.165) is 11.7 Å². The molecule has 0 atom stereocenters. The van der Waals surface area contributed by atoms with E-state index >= 15 is 0 Å². The Morgan fingerprint density at radius 1 is 1.29 bits per heavy atom. The Bertz CT molecular complexity index is 802. The highest BCUT2D eigenvalue weighted by Crippen LogP contribution is 2.29. The number of halogens is 1. The van der Waals surface area contributed by atoms with Gasteiger partial charge in [0.05, 0.1) is 40.7 Å². The molecule has 0 aliphatic carbocycles. The molecule has 0 aliphatic heterocycles. The summed E-state index contributed by atoms with van der Waals surface area (Å²) in [6, 6.07) is 6.86. The fraction of sp³-hybridized carbons (Fsp3) is 0.0769. The minimum Gasteiger partial charge on any atom is -0.397 e. The molecule has 0 fully saturated rings. The normalized spacial score (nSPS) is 10.7. The number of carbonyl (C=O) groups is 1. The number of carbonyl (C=O) groups excluding carboxylic acids is 1. The summed E-state index contributed by atoms with van der Waals surface area (Å²) in [5, 5.41) is 3.19. The minimum atomic E-state index is -0.227. The van der Waals surface area contributed by atoms with Gasteiger partial charge in [-0.2, -0.15) is 8.75 Å². The molecule has 1 aromatic carbocycles. The van der Waals surface area contributed by atoms with Crippen LogP contribution in [0.2, 0.25) is 5.02 Å². The second-order valence-electron chi connectivity index (χ2n) is 4.36. The zero-order valence-corrected chi connectivity index (χ0v) is 12.3. The van der Waals surface area contributed by atoms with Crippen molar-refractivity contribution in [3.63, 3.8) is 0 Å².